The molecule has 0 aliphatic carbocycles. The average molecular weight is 499 g/mol. The molecule has 7 nitrogen and oxygen atoms in total. The van der Waals surface area contributed by atoms with Gasteiger partial charge in [-0.3, -0.25) is 9.36 Å². The Hall–Kier alpha value is -3.01. The second-order valence-corrected chi connectivity index (χ2v) is 9.63. The van der Waals surface area contributed by atoms with Crippen LogP contribution >= 0.6 is 22.7 Å². The smallest absolute Gasteiger partial charge is 0.338 e. The van der Waals surface area contributed by atoms with Gasteiger partial charge in [-0.05, 0) is 48.6 Å². The zero-order valence-electron chi connectivity index (χ0n) is 19.3. The number of aromatic nitrogens is 1. The number of esters is 1. The highest BCUT2D eigenvalue weighted by Crippen LogP contribution is 2.31. The minimum Gasteiger partial charge on any atom is -0.494 e. The van der Waals surface area contributed by atoms with Crippen molar-refractivity contribution in [2.45, 2.75) is 26.3 Å². The highest BCUT2D eigenvalue weighted by molar-refractivity contribution is 7.11. The molecule has 0 saturated heterocycles. The second kappa shape index (κ2) is 10.9. The predicted octanol–water partition coefficient (Wildman–Crippen LogP) is 3.28. The standard InChI is InChI=1S/C25H26N2O5S2/c1-4-11-31-18-9-7-17(8-10-18)22-21(24(29)32-13-12-30-3)16(2)26-25-27(22)23(28)20(34-25)15-19-6-5-14-33-19/h5-10,14-15,22H,4,11-13H2,1-3H3. The molecule has 0 amide bonds. The van der Waals surface area contributed by atoms with Gasteiger partial charge in [-0.25, -0.2) is 9.79 Å². The van der Waals surface area contributed by atoms with E-state index in [4.69, 9.17) is 14.2 Å². The molecule has 0 N–H and O–H groups in total. The van der Waals surface area contributed by atoms with Crippen LogP contribution in [0, 0.1) is 0 Å². The van der Waals surface area contributed by atoms with Crippen LogP contribution in [-0.2, 0) is 14.3 Å². The van der Waals surface area contributed by atoms with Crippen LogP contribution in [-0.4, -0.2) is 37.5 Å². The molecule has 3 aromatic rings. The Morgan fingerprint density at radius 2 is 1.97 bits per heavy atom. The lowest BCUT2D eigenvalue weighted by atomic mass is 9.96. The van der Waals surface area contributed by atoms with E-state index >= 15 is 0 Å². The quantitative estimate of drug-likeness (QED) is 0.334. The first-order chi connectivity index (χ1) is 16.5. The van der Waals surface area contributed by atoms with Gasteiger partial charge in [0.15, 0.2) is 4.80 Å². The van der Waals surface area contributed by atoms with E-state index in [-0.39, 0.29) is 18.8 Å². The third-order valence-corrected chi connectivity index (χ3v) is 7.05. The number of carbonyl (C=O) groups is 1. The number of allylic oxidation sites excluding steroid dienone is 1. The van der Waals surface area contributed by atoms with E-state index < -0.39 is 12.0 Å². The van der Waals surface area contributed by atoms with E-state index in [2.05, 4.69) is 4.99 Å². The molecule has 34 heavy (non-hydrogen) atoms. The predicted molar refractivity (Wildman–Crippen MR) is 133 cm³/mol. The Morgan fingerprint density at radius 3 is 2.65 bits per heavy atom. The lowest BCUT2D eigenvalue weighted by Gasteiger charge is -2.25. The van der Waals surface area contributed by atoms with Gasteiger partial charge in [-0.1, -0.05) is 36.5 Å². The molecule has 1 unspecified atom stereocenters. The highest BCUT2D eigenvalue weighted by atomic mass is 32.1. The molecule has 2 aromatic heterocycles. The average Bonchev–Trinajstić information content (AvgIpc) is 3.45. The Balaban J connectivity index is 1.83. The number of ether oxygens (including phenoxy) is 3. The molecule has 0 radical (unpaired) electrons. The van der Waals surface area contributed by atoms with Gasteiger partial charge in [-0.2, -0.15) is 0 Å². The summed E-state index contributed by atoms with van der Waals surface area (Å²) in [6.45, 7) is 4.84. The largest absolute Gasteiger partial charge is 0.494 e. The maximum Gasteiger partial charge on any atom is 0.338 e. The Morgan fingerprint density at radius 1 is 1.18 bits per heavy atom. The molecule has 1 aromatic carbocycles. The molecule has 1 aliphatic rings. The Bertz CT molecular complexity index is 1350. The topological polar surface area (TPSA) is 79.1 Å². The third-order valence-electron chi connectivity index (χ3n) is 5.25. The molecule has 0 fully saturated rings. The number of thiazole rings is 1. The monoisotopic (exact) mass is 498 g/mol. The van der Waals surface area contributed by atoms with Crippen LogP contribution in [0.5, 0.6) is 5.75 Å². The molecule has 178 valence electrons. The molecule has 1 atom stereocenters. The maximum atomic E-state index is 13.5. The van der Waals surface area contributed by atoms with Crippen molar-refractivity contribution in [3.8, 4) is 5.75 Å². The summed E-state index contributed by atoms with van der Waals surface area (Å²) in [5.41, 5.74) is 1.46. The number of carbonyl (C=O) groups excluding carboxylic acids is 1. The van der Waals surface area contributed by atoms with Crippen molar-refractivity contribution >= 4 is 34.7 Å². The Kier molecular flexibility index (Phi) is 7.77. The third kappa shape index (κ3) is 5.06. The minimum absolute atomic E-state index is 0.116. The fraction of sp³-hybridized carbons (Fsp3) is 0.320. The lowest BCUT2D eigenvalue weighted by molar-refractivity contribution is -0.140. The van der Waals surface area contributed by atoms with Gasteiger partial charge in [0.1, 0.15) is 12.4 Å². The summed E-state index contributed by atoms with van der Waals surface area (Å²) in [5, 5.41) is 1.96. The van der Waals surface area contributed by atoms with Crippen molar-refractivity contribution in [2.24, 2.45) is 4.99 Å². The molecule has 4 rings (SSSR count). The van der Waals surface area contributed by atoms with Crippen molar-refractivity contribution in [1.82, 2.24) is 4.57 Å². The summed E-state index contributed by atoms with van der Waals surface area (Å²) in [6, 6.07) is 10.7. The van der Waals surface area contributed by atoms with Crippen LogP contribution in [0.1, 0.15) is 36.8 Å². The first-order valence-corrected chi connectivity index (χ1v) is 12.7. The number of thiophene rings is 1. The van der Waals surface area contributed by atoms with Gasteiger partial charge in [0.25, 0.3) is 5.56 Å². The number of nitrogens with zero attached hydrogens (tertiary/aromatic N) is 2. The first kappa shape index (κ1) is 24.1. The van der Waals surface area contributed by atoms with E-state index in [1.54, 1.807) is 29.9 Å². The van der Waals surface area contributed by atoms with Gasteiger partial charge < -0.3 is 14.2 Å². The number of methoxy groups -OCH3 is 1. The molecule has 3 heterocycles. The van der Waals surface area contributed by atoms with Gasteiger partial charge in [0.2, 0.25) is 0 Å². The van der Waals surface area contributed by atoms with Crippen LogP contribution in [0.2, 0.25) is 0 Å². The zero-order chi connectivity index (χ0) is 24.1. The summed E-state index contributed by atoms with van der Waals surface area (Å²) < 4.78 is 18.3. The SMILES string of the molecule is CCCOc1ccc(C2C(C(=O)OCCOC)=C(C)N=c3sc(=Cc4cccs4)c(=O)n32)cc1. The number of rotatable bonds is 9. The second-order valence-electron chi connectivity index (χ2n) is 7.64. The van der Waals surface area contributed by atoms with Gasteiger partial charge in [-0.15, -0.1) is 11.3 Å². The molecule has 0 saturated carbocycles. The van der Waals surface area contributed by atoms with E-state index in [1.807, 2.05) is 54.8 Å². The summed E-state index contributed by atoms with van der Waals surface area (Å²) in [7, 11) is 1.54. The molecule has 0 bridgehead atoms. The van der Waals surface area contributed by atoms with Crippen molar-refractivity contribution in [3.05, 3.63) is 83.2 Å². The molecule has 1 aliphatic heterocycles. The fourth-order valence-electron chi connectivity index (χ4n) is 3.66. The molecule has 9 heteroatoms. The minimum atomic E-state index is -0.656. The number of hydrogen-bond donors (Lipinski definition) is 0. The van der Waals surface area contributed by atoms with Gasteiger partial charge in [0.05, 0.1) is 35.1 Å². The lowest BCUT2D eigenvalue weighted by Crippen LogP contribution is -2.40. The normalized spacial score (nSPS) is 15.7. The van der Waals surface area contributed by atoms with Crippen LogP contribution in [0.15, 0.2) is 62.8 Å². The van der Waals surface area contributed by atoms with E-state index in [0.29, 0.717) is 27.2 Å². The van der Waals surface area contributed by atoms with Crippen LogP contribution < -0.4 is 19.6 Å². The number of fused-ring (bicyclic) bond motifs is 1. The molecular weight excluding hydrogens is 472 g/mol. The summed E-state index contributed by atoms with van der Waals surface area (Å²) in [5.74, 6) is 0.225. The zero-order valence-corrected chi connectivity index (χ0v) is 20.9. The van der Waals surface area contributed by atoms with Crippen molar-refractivity contribution < 1.29 is 19.0 Å². The molecule has 0 spiro atoms. The van der Waals surface area contributed by atoms with Crippen molar-refractivity contribution in [3.63, 3.8) is 0 Å². The fourth-order valence-corrected chi connectivity index (χ4v) is 5.43. The number of benzene rings is 1. The number of hydrogen-bond acceptors (Lipinski definition) is 8. The first-order valence-electron chi connectivity index (χ1n) is 11.0. The van der Waals surface area contributed by atoms with Crippen molar-refractivity contribution in [2.75, 3.05) is 26.9 Å². The van der Waals surface area contributed by atoms with Crippen molar-refractivity contribution in [1.29, 1.82) is 0 Å². The van der Waals surface area contributed by atoms with Gasteiger partial charge in [0, 0.05) is 12.0 Å². The highest BCUT2D eigenvalue weighted by Gasteiger charge is 2.33. The van der Waals surface area contributed by atoms with Crippen LogP contribution in [0.3, 0.4) is 0 Å². The maximum absolute atomic E-state index is 13.5. The van der Waals surface area contributed by atoms with Crippen LogP contribution in [0.25, 0.3) is 6.08 Å². The Labute approximate surface area is 205 Å². The summed E-state index contributed by atoms with van der Waals surface area (Å²) >= 11 is 2.87. The van der Waals surface area contributed by atoms with E-state index in [0.717, 1.165) is 22.6 Å². The van der Waals surface area contributed by atoms with Gasteiger partial charge >= 0.3 is 5.97 Å². The summed E-state index contributed by atoms with van der Waals surface area (Å²) in [6.07, 6.45) is 2.77. The van der Waals surface area contributed by atoms with Crippen LogP contribution in [0.4, 0.5) is 0 Å². The van der Waals surface area contributed by atoms with E-state index in [1.165, 1.54) is 11.3 Å². The van der Waals surface area contributed by atoms with E-state index in [9.17, 15) is 9.59 Å². The summed E-state index contributed by atoms with van der Waals surface area (Å²) in [4.78, 5) is 32.8. The molecular formula is C25H26N2O5S2.